The Balaban J connectivity index is 1.77. The van der Waals surface area contributed by atoms with Gasteiger partial charge in [0.2, 0.25) is 0 Å². The average Bonchev–Trinajstić information content (AvgIpc) is 2.67. The molecule has 0 saturated heterocycles. The molecule has 0 heterocycles. The molecule has 0 atom stereocenters. The summed E-state index contributed by atoms with van der Waals surface area (Å²) in [5, 5.41) is 10.00. The molecule has 3 nitrogen and oxygen atoms in total. The molecule has 3 aromatic carbocycles. The summed E-state index contributed by atoms with van der Waals surface area (Å²) in [5.74, 6) is 0.0403. The van der Waals surface area contributed by atoms with Crippen LogP contribution >= 0.6 is 11.6 Å². The molecule has 0 N–H and O–H groups in total. The van der Waals surface area contributed by atoms with Gasteiger partial charge in [0.05, 0.1) is 17.2 Å². The molecular formula is C23H16ClNO2. The lowest BCUT2D eigenvalue weighted by Gasteiger charge is -2.06. The van der Waals surface area contributed by atoms with E-state index in [0.29, 0.717) is 21.9 Å². The van der Waals surface area contributed by atoms with Crippen LogP contribution in [0.1, 0.15) is 27.0 Å². The molecule has 0 spiro atoms. The number of hydrogen-bond acceptors (Lipinski definition) is 3. The molecule has 27 heavy (non-hydrogen) atoms. The van der Waals surface area contributed by atoms with E-state index < -0.39 is 5.97 Å². The van der Waals surface area contributed by atoms with E-state index in [4.69, 9.17) is 16.3 Å². The van der Waals surface area contributed by atoms with Gasteiger partial charge in [-0.25, -0.2) is 4.79 Å². The second-order valence-corrected chi connectivity index (χ2v) is 6.44. The Bertz CT molecular complexity index is 1050. The molecule has 0 unspecified atom stereocenters. The molecule has 0 aliphatic rings. The number of rotatable bonds is 4. The largest absolute Gasteiger partial charge is 0.423 e. The number of carbonyl (C=O) groups excluding carboxylic acids is 1. The van der Waals surface area contributed by atoms with Crippen molar-refractivity contribution in [1.29, 1.82) is 5.26 Å². The maximum absolute atomic E-state index is 12.2. The van der Waals surface area contributed by atoms with E-state index in [1.807, 2.05) is 25.1 Å². The lowest BCUT2D eigenvalue weighted by molar-refractivity contribution is 0.0734. The van der Waals surface area contributed by atoms with Crippen LogP contribution in [0.15, 0.2) is 72.8 Å². The first-order chi connectivity index (χ1) is 13.0. The van der Waals surface area contributed by atoms with Crippen LogP contribution in [-0.4, -0.2) is 5.97 Å². The Hall–Kier alpha value is -3.35. The van der Waals surface area contributed by atoms with Crippen LogP contribution in [0, 0.1) is 18.3 Å². The lowest BCUT2D eigenvalue weighted by Crippen LogP contribution is -2.08. The summed E-state index contributed by atoms with van der Waals surface area (Å²) in [7, 11) is 0. The highest BCUT2D eigenvalue weighted by Crippen LogP contribution is 2.22. The molecule has 0 amide bonds. The van der Waals surface area contributed by atoms with Crippen molar-refractivity contribution in [3.63, 3.8) is 0 Å². The topological polar surface area (TPSA) is 50.1 Å². The van der Waals surface area contributed by atoms with Crippen LogP contribution in [0.2, 0.25) is 5.02 Å². The van der Waals surface area contributed by atoms with Crippen molar-refractivity contribution < 1.29 is 9.53 Å². The van der Waals surface area contributed by atoms with E-state index >= 15 is 0 Å². The minimum atomic E-state index is -0.404. The van der Waals surface area contributed by atoms with Gasteiger partial charge < -0.3 is 4.74 Å². The van der Waals surface area contributed by atoms with E-state index in [9.17, 15) is 10.1 Å². The number of ether oxygens (including phenoxy) is 1. The molecule has 3 rings (SSSR count). The summed E-state index contributed by atoms with van der Waals surface area (Å²) in [6, 6.07) is 23.6. The maximum Gasteiger partial charge on any atom is 0.343 e. The fourth-order valence-electron chi connectivity index (χ4n) is 2.57. The van der Waals surface area contributed by atoms with Crippen LogP contribution in [0.3, 0.4) is 0 Å². The van der Waals surface area contributed by atoms with Gasteiger partial charge in [0.1, 0.15) is 5.75 Å². The molecule has 0 aliphatic carbocycles. The van der Waals surface area contributed by atoms with Gasteiger partial charge in [0, 0.05) is 5.02 Å². The van der Waals surface area contributed by atoms with Crippen molar-refractivity contribution in [2.75, 3.05) is 0 Å². The van der Waals surface area contributed by atoms with Crippen molar-refractivity contribution in [2.45, 2.75) is 6.92 Å². The van der Waals surface area contributed by atoms with Gasteiger partial charge in [-0.1, -0.05) is 53.6 Å². The fourth-order valence-corrected chi connectivity index (χ4v) is 2.76. The standard InChI is InChI=1S/C23H16ClNO2/c1-16-4-2-6-19(12-16)23(26)27-22-10-8-17(9-11-22)13-20(15-25)18-5-3-7-21(24)14-18/h2-14H,1H3/b20-13-. The van der Waals surface area contributed by atoms with E-state index in [-0.39, 0.29) is 0 Å². The number of allylic oxidation sites excluding steroid dienone is 1. The molecule has 0 bridgehead atoms. The highest BCUT2D eigenvalue weighted by atomic mass is 35.5. The molecule has 0 aromatic heterocycles. The van der Waals surface area contributed by atoms with Crippen LogP contribution in [0.5, 0.6) is 5.75 Å². The Morgan fingerprint density at radius 1 is 1.00 bits per heavy atom. The van der Waals surface area contributed by atoms with Gasteiger partial charge in [-0.05, 0) is 60.5 Å². The van der Waals surface area contributed by atoms with Gasteiger partial charge in [-0.15, -0.1) is 0 Å². The minimum absolute atomic E-state index is 0.404. The van der Waals surface area contributed by atoms with E-state index in [1.165, 1.54) is 0 Å². The summed E-state index contributed by atoms with van der Waals surface area (Å²) in [6.07, 6.45) is 1.76. The molecule has 0 aliphatic heterocycles. The van der Waals surface area contributed by atoms with Crippen molar-refractivity contribution in [3.8, 4) is 11.8 Å². The molecular weight excluding hydrogens is 358 g/mol. The van der Waals surface area contributed by atoms with Gasteiger partial charge in [0.25, 0.3) is 0 Å². The van der Waals surface area contributed by atoms with Crippen LogP contribution in [-0.2, 0) is 0 Å². The Kier molecular flexibility index (Phi) is 5.71. The summed E-state index contributed by atoms with van der Waals surface area (Å²) < 4.78 is 5.40. The Morgan fingerprint density at radius 2 is 1.70 bits per heavy atom. The molecule has 4 heteroatoms. The summed E-state index contributed by atoms with van der Waals surface area (Å²) in [6.45, 7) is 1.92. The van der Waals surface area contributed by atoms with E-state index in [0.717, 1.165) is 16.7 Å². The smallest absolute Gasteiger partial charge is 0.343 e. The zero-order valence-electron chi connectivity index (χ0n) is 14.6. The van der Waals surface area contributed by atoms with E-state index in [1.54, 1.807) is 60.7 Å². The Morgan fingerprint density at radius 3 is 2.37 bits per heavy atom. The highest BCUT2D eigenvalue weighted by molar-refractivity contribution is 6.30. The second-order valence-electron chi connectivity index (χ2n) is 6.01. The van der Waals surface area contributed by atoms with Gasteiger partial charge >= 0.3 is 5.97 Å². The predicted octanol–water partition coefficient (Wildman–Crippen LogP) is 5.93. The molecule has 0 saturated carbocycles. The van der Waals surface area contributed by atoms with Gasteiger partial charge in [-0.2, -0.15) is 5.26 Å². The molecule has 3 aromatic rings. The number of benzene rings is 3. The number of aryl methyl sites for hydroxylation is 1. The van der Waals surface area contributed by atoms with Crippen molar-refractivity contribution in [3.05, 3.63) is 100 Å². The highest BCUT2D eigenvalue weighted by Gasteiger charge is 2.08. The van der Waals surface area contributed by atoms with Crippen molar-refractivity contribution >= 4 is 29.2 Å². The maximum atomic E-state index is 12.2. The van der Waals surface area contributed by atoms with Crippen LogP contribution < -0.4 is 4.74 Å². The number of carbonyl (C=O) groups is 1. The van der Waals surface area contributed by atoms with E-state index in [2.05, 4.69) is 6.07 Å². The number of halogens is 1. The average molecular weight is 374 g/mol. The monoisotopic (exact) mass is 373 g/mol. The number of nitriles is 1. The normalized spacial score (nSPS) is 10.9. The summed E-state index contributed by atoms with van der Waals surface area (Å²) in [4.78, 5) is 12.2. The second kappa shape index (κ2) is 8.35. The Labute approximate surface area is 163 Å². The molecule has 132 valence electrons. The third-order valence-electron chi connectivity index (χ3n) is 3.91. The predicted molar refractivity (Wildman–Crippen MR) is 108 cm³/mol. The zero-order valence-corrected chi connectivity index (χ0v) is 15.4. The third kappa shape index (κ3) is 4.84. The SMILES string of the molecule is Cc1cccc(C(=O)Oc2ccc(/C=C(/C#N)c3cccc(Cl)c3)cc2)c1. The third-order valence-corrected chi connectivity index (χ3v) is 4.15. The molecule has 0 fully saturated rings. The summed E-state index contributed by atoms with van der Waals surface area (Å²) in [5.41, 5.74) is 3.57. The number of nitrogens with zero attached hydrogens (tertiary/aromatic N) is 1. The van der Waals surface area contributed by atoms with Gasteiger partial charge in [-0.3, -0.25) is 0 Å². The van der Waals surface area contributed by atoms with Crippen molar-refractivity contribution in [1.82, 2.24) is 0 Å². The first kappa shape index (κ1) is 18.4. The van der Waals surface area contributed by atoms with Gasteiger partial charge in [0.15, 0.2) is 0 Å². The first-order valence-corrected chi connectivity index (χ1v) is 8.69. The van der Waals surface area contributed by atoms with Crippen LogP contribution in [0.25, 0.3) is 11.6 Å². The quantitative estimate of drug-likeness (QED) is 0.246. The zero-order chi connectivity index (χ0) is 19.2. The molecule has 0 radical (unpaired) electrons. The van der Waals surface area contributed by atoms with Crippen molar-refractivity contribution in [2.24, 2.45) is 0 Å². The number of hydrogen-bond donors (Lipinski definition) is 0. The number of esters is 1. The van der Waals surface area contributed by atoms with Crippen LogP contribution in [0.4, 0.5) is 0 Å². The first-order valence-electron chi connectivity index (χ1n) is 8.32. The summed E-state index contributed by atoms with van der Waals surface area (Å²) >= 11 is 5.99. The lowest BCUT2D eigenvalue weighted by atomic mass is 10.0. The fraction of sp³-hybridized carbons (Fsp3) is 0.0435. The minimum Gasteiger partial charge on any atom is -0.423 e.